The molecular weight excluding hydrogens is 900 g/mol. The number of aromatic amines is 2. The maximum Gasteiger partial charge on any atom is 0.132 e. The van der Waals surface area contributed by atoms with Gasteiger partial charge in [-0.1, -0.05) is 0 Å². The number of nitrogens with zero attached hydrogens (tertiary/aromatic N) is 5. The minimum absolute atomic E-state index is 0. The largest absolute Gasteiger partial charge is 1.00 e. The van der Waals surface area contributed by atoms with Crippen LogP contribution in [0.4, 0.5) is 22.7 Å². The molecule has 0 spiro atoms. The van der Waals surface area contributed by atoms with E-state index in [-0.39, 0.29) is 24.0 Å². The molecule has 9 heteroatoms. The van der Waals surface area contributed by atoms with E-state index < -0.39 is 0 Å². The van der Waals surface area contributed by atoms with Crippen LogP contribution in [0.1, 0.15) is 22.8 Å². The van der Waals surface area contributed by atoms with Crippen molar-refractivity contribution >= 4 is 69.1 Å². The Labute approximate surface area is 395 Å². The highest BCUT2D eigenvalue weighted by atomic mass is 127. The van der Waals surface area contributed by atoms with Gasteiger partial charge in [-0.25, -0.2) is 9.97 Å². The lowest BCUT2D eigenvalue weighted by molar-refractivity contribution is -0.786. The van der Waals surface area contributed by atoms with E-state index in [1.807, 2.05) is 0 Å². The maximum atomic E-state index is 5.54. The van der Waals surface area contributed by atoms with E-state index in [0.29, 0.717) is 0 Å². The summed E-state index contributed by atoms with van der Waals surface area (Å²) in [6, 6.07) is 44.4. The number of aromatic nitrogens is 4. The lowest BCUT2D eigenvalue weighted by Crippen LogP contribution is -3.00. The summed E-state index contributed by atoms with van der Waals surface area (Å²) in [6.45, 7) is 0. The maximum absolute atomic E-state index is 5.54. The molecule has 9 rings (SSSR count). The minimum atomic E-state index is 0. The highest BCUT2D eigenvalue weighted by molar-refractivity contribution is 6.00. The molecule has 0 unspecified atom stereocenters. The Morgan fingerprint density at radius 2 is 0.578 bits per heavy atom. The summed E-state index contributed by atoms with van der Waals surface area (Å²) in [6.07, 6.45) is 8.69. The van der Waals surface area contributed by atoms with E-state index in [4.69, 9.17) is 9.97 Å². The summed E-state index contributed by atoms with van der Waals surface area (Å²) in [5, 5.41) is 0. The Balaban J connectivity index is 0.00000560. The molecule has 324 valence electrons. The van der Waals surface area contributed by atoms with Crippen LogP contribution in [0, 0.1) is 0 Å². The van der Waals surface area contributed by atoms with Gasteiger partial charge in [0.1, 0.15) is 22.7 Å². The van der Waals surface area contributed by atoms with Gasteiger partial charge in [0.25, 0.3) is 0 Å². The molecule has 0 radical (unpaired) electrons. The average molecular weight is 960 g/mol. The molecule has 0 saturated carbocycles. The molecule has 0 fully saturated rings. The third-order valence-electron chi connectivity index (χ3n) is 12.3. The van der Waals surface area contributed by atoms with E-state index >= 15 is 0 Å². The van der Waals surface area contributed by atoms with Crippen molar-refractivity contribution in [1.82, 2.24) is 33.4 Å². The van der Waals surface area contributed by atoms with Crippen LogP contribution >= 0.6 is 0 Å². The zero-order chi connectivity index (χ0) is 44.4. The van der Waals surface area contributed by atoms with Gasteiger partial charge in [0, 0.05) is 44.3 Å². The van der Waals surface area contributed by atoms with Crippen molar-refractivity contribution in [2.45, 2.75) is 0 Å². The molecule has 2 aliphatic heterocycles. The first kappa shape index (κ1) is 44.6. The Morgan fingerprint density at radius 1 is 0.344 bits per heavy atom. The van der Waals surface area contributed by atoms with Gasteiger partial charge < -0.3 is 38.8 Å². The Bertz CT molecular complexity index is 3040. The summed E-state index contributed by atoms with van der Waals surface area (Å²) in [5.74, 6) is 0. The van der Waals surface area contributed by atoms with Crippen LogP contribution < -0.4 is 42.3 Å². The van der Waals surface area contributed by atoms with Gasteiger partial charge in [-0.05, 0) is 168 Å². The fourth-order valence-electron chi connectivity index (χ4n) is 8.62. The van der Waals surface area contributed by atoms with Crippen molar-refractivity contribution in [2.75, 3.05) is 77.5 Å². The smallest absolute Gasteiger partial charge is 0.132 e. The third kappa shape index (κ3) is 8.66. The summed E-state index contributed by atoms with van der Waals surface area (Å²) in [5.41, 5.74) is 20.9. The topological polar surface area (TPSA) is 61.8 Å². The predicted molar refractivity (Wildman–Crippen MR) is 272 cm³/mol. The van der Waals surface area contributed by atoms with Gasteiger partial charge in [0.15, 0.2) is 0 Å². The minimum Gasteiger partial charge on any atom is -1.00 e. The van der Waals surface area contributed by atoms with Crippen LogP contribution in [0.5, 0.6) is 0 Å². The number of fused-ring (bicyclic) bond motifs is 8. The van der Waals surface area contributed by atoms with Crippen molar-refractivity contribution in [3.05, 3.63) is 144 Å². The van der Waals surface area contributed by atoms with Crippen molar-refractivity contribution < 1.29 is 28.9 Å². The molecule has 7 aromatic rings. The normalized spacial score (nSPS) is 12.8. The lowest BCUT2D eigenvalue weighted by atomic mass is 10.0. The second kappa shape index (κ2) is 16.9. The SMILES string of the molecule is C[NH+](C)c1ccc(-c2c3nc(c(-c4ccc([N+](C)(C)C)cc4)c4ccc([nH]4)c(-c4ccc([N+](C)(C)C)cc4)c4nc(c(-c5ccc([N+](C)(C)C)cc5)c5ccc2[nH]5)C=C4)C=C3)cc1.[I-]. The summed E-state index contributed by atoms with van der Waals surface area (Å²) < 4.78 is 2.18. The number of H-pyrrole nitrogens is 2. The zero-order valence-corrected chi connectivity index (χ0v) is 41.1. The molecule has 0 saturated heterocycles. The number of hydrogen-bond acceptors (Lipinski definition) is 2. The lowest BCUT2D eigenvalue weighted by Gasteiger charge is -2.23. The van der Waals surface area contributed by atoms with Crippen molar-refractivity contribution in [3.8, 4) is 44.5 Å². The fourth-order valence-corrected chi connectivity index (χ4v) is 8.62. The highest BCUT2D eigenvalue weighted by Gasteiger charge is 2.22. The van der Waals surface area contributed by atoms with Gasteiger partial charge in [0.05, 0.1) is 100 Å². The molecule has 0 aliphatic carbocycles. The second-order valence-corrected chi connectivity index (χ2v) is 19.8. The summed E-state index contributed by atoms with van der Waals surface area (Å²) >= 11 is 0. The van der Waals surface area contributed by atoms with Gasteiger partial charge in [-0.15, -0.1) is 0 Å². The van der Waals surface area contributed by atoms with Crippen molar-refractivity contribution in [3.63, 3.8) is 0 Å². The standard InChI is InChI=1S/C55H59N8.HI/c1-60(2)40-20-12-36(13-21-40)52-44-28-30-46(56-44)53(37-14-22-41(23-15-37)61(3,4)5)48-32-34-50(58-48)55(39-18-26-43(27-19-39)63(9,10)11)51-35-33-49(59-51)54(47-31-29-45(52)57-47)38-16-24-42(25-17-38)62(6,7)8;/h12-35,56,59H,1-11H3;1H/q+3;. The quantitative estimate of drug-likeness (QED) is 0.108. The Kier molecular flexibility index (Phi) is 11.8. The monoisotopic (exact) mass is 959 g/mol. The number of hydrogen-bond donors (Lipinski definition) is 3. The van der Waals surface area contributed by atoms with Crippen LogP contribution in [-0.2, 0) is 0 Å². The first-order valence-corrected chi connectivity index (χ1v) is 21.8. The number of benzene rings is 4. The summed E-state index contributed by atoms with van der Waals surface area (Å²) in [7, 11) is 24.1. The Hall–Kier alpha value is -5.95. The molecule has 3 aromatic heterocycles. The second-order valence-electron chi connectivity index (χ2n) is 19.8. The van der Waals surface area contributed by atoms with Gasteiger partial charge in [-0.2, -0.15) is 0 Å². The van der Waals surface area contributed by atoms with Crippen molar-refractivity contribution in [1.29, 1.82) is 0 Å². The van der Waals surface area contributed by atoms with Crippen LogP contribution in [0.3, 0.4) is 0 Å². The first-order valence-electron chi connectivity index (χ1n) is 21.8. The van der Waals surface area contributed by atoms with Crippen LogP contribution in [0.25, 0.3) is 90.9 Å². The summed E-state index contributed by atoms with van der Waals surface area (Å²) in [4.78, 5) is 20.2. The first-order chi connectivity index (χ1) is 29.9. The molecule has 8 bridgehead atoms. The van der Waals surface area contributed by atoms with Gasteiger partial charge in [-0.3, -0.25) is 13.4 Å². The average Bonchev–Trinajstić information content (AvgIpc) is 4.09. The zero-order valence-electron chi connectivity index (χ0n) is 39.0. The molecule has 5 heterocycles. The predicted octanol–water partition coefficient (Wildman–Crippen LogP) is 7.69. The molecule has 2 aliphatic rings. The fraction of sp³-hybridized carbons (Fsp3) is 0.200. The molecule has 0 amide bonds. The molecule has 64 heavy (non-hydrogen) atoms. The number of nitrogens with one attached hydrogen (secondary N) is 3. The van der Waals surface area contributed by atoms with E-state index in [2.05, 4.69) is 233 Å². The molecule has 4 aromatic carbocycles. The van der Waals surface area contributed by atoms with Crippen LogP contribution in [-0.4, -0.2) is 97.5 Å². The van der Waals surface area contributed by atoms with E-state index in [1.54, 1.807) is 0 Å². The molecular formula is C55H60IN8+3. The highest BCUT2D eigenvalue weighted by Crippen LogP contribution is 2.40. The molecule has 0 atom stereocenters. The molecule has 3 N–H and O–H groups in total. The molecule has 8 nitrogen and oxygen atoms in total. The Morgan fingerprint density at radius 3 is 0.797 bits per heavy atom. The number of rotatable bonds is 8. The third-order valence-corrected chi connectivity index (χ3v) is 12.3. The number of halogens is 1. The van der Waals surface area contributed by atoms with Gasteiger partial charge in [0.2, 0.25) is 0 Å². The number of quaternary nitrogens is 4. The van der Waals surface area contributed by atoms with Crippen molar-refractivity contribution in [2.24, 2.45) is 0 Å². The van der Waals surface area contributed by atoms with Crippen LogP contribution in [0.15, 0.2) is 121 Å². The van der Waals surface area contributed by atoms with Crippen LogP contribution in [0.2, 0.25) is 0 Å². The van der Waals surface area contributed by atoms with E-state index in [9.17, 15) is 0 Å². The van der Waals surface area contributed by atoms with E-state index in [1.165, 1.54) is 27.6 Å². The van der Waals surface area contributed by atoms with Gasteiger partial charge >= 0.3 is 0 Å². The van der Waals surface area contributed by atoms with E-state index in [0.717, 1.165) is 103 Å².